The van der Waals surface area contributed by atoms with Gasteiger partial charge < -0.3 is 15.1 Å². The highest BCUT2D eigenvalue weighted by molar-refractivity contribution is 7.98. The summed E-state index contributed by atoms with van der Waals surface area (Å²) in [5.41, 5.74) is 1.55. The second kappa shape index (κ2) is 7.91. The van der Waals surface area contributed by atoms with Gasteiger partial charge in [-0.05, 0) is 36.4 Å². The molecule has 0 fully saturated rings. The Balaban J connectivity index is 1.47. The molecule has 2 N–H and O–H groups in total. The Morgan fingerprint density at radius 1 is 1.14 bits per heavy atom. The third kappa shape index (κ3) is 3.67. The molecule has 0 saturated carbocycles. The van der Waals surface area contributed by atoms with E-state index in [-0.39, 0.29) is 0 Å². The van der Waals surface area contributed by atoms with Gasteiger partial charge in [0.2, 0.25) is 16.9 Å². The van der Waals surface area contributed by atoms with Crippen LogP contribution in [0.3, 0.4) is 0 Å². The van der Waals surface area contributed by atoms with Crippen LogP contribution in [0.1, 0.15) is 5.89 Å². The molecule has 0 atom stereocenters. The molecule has 0 aliphatic heterocycles. The van der Waals surface area contributed by atoms with E-state index < -0.39 is 0 Å². The molecule has 0 unspecified atom stereocenters. The van der Waals surface area contributed by atoms with E-state index in [0.29, 0.717) is 39.0 Å². The Morgan fingerprint density at radius 2 is 1.93 bits per heavy atom. The molecule has 142 valence electrons. The second-order valence-corrected chi connectivity index (χ2v) is 7.03. The zero-order chi connectivity index (χ0) is 19.5. The van der Waals surface area contributed by atoms with Gasteiger partial charge in [-0.3, -0.25) is 0 Å². The molecule has 0 aliphatic carbocycles. The maximum absolute atomic E-state index is 6.17. The second-order valence-electron chi connectivity index (χ2n) is 5.68. The van der Waals surface area contributed by atoms with Gasteiger partial charge in [0.15, 0.2) is 5.82 Å². The van der Waals surface area contributed by atoms with Crippen LogP contribution in [-0.4, -0.2) is 32.1 Å². The van der Waals surface area contributed by atoms with Gasteiger partial charge in [0.25, 0.3) is 0 Å². The Kier molecular flexibility index (Phi) is 5.18. The predicted octanol–water partition coefficient (Wildman–Crippen LogP) is 3.66. The molecule has 4 aromatic rings. The number of nitrogens with two attached hydrogens (primary N) is 1. The summed E-state index contributed by atoms with van der Waals surface area (Å²) >= 11 is 7.52. The van der Waals surface area contributed by atoms with Crippen LogP contribution in [0.2, 0.25) is 5.02 Å². The summed E-state index contributed by atoms with van der Waals surface area (Å²) in [5.74, 6) is 8.72. The maximum atomic E-state index is 6.17. The van der Waals surface area contributed by atoms with Gasteiger partial charge in [-0.15, -0.1) is 10.2 Å². The van der Waals surface area contributed by atoms with Crippen LogP contribution in [0.5, 0.6) is 5.75 Å². The summed E-state index contributed by atoms with van der Waals surface area (Å²) in [6, 6.07) is 14.7. The number of ether oxygens (including phenoxy) is 1. The van der Waals surface area contributed by atoms with Crippen LogP contribution in [0.25, 0.3) is 22.8 Å². The van der Waals surface area contributed by atoms with Crippen LogP contribution in [-0.2, 0) is 5.75 Å². The summed E-state index contributed by atoms with van der Waals surface area (Å²) in [5, 5.41) is 13.4. The third-order valence-electron chi connectivity index (χ3n) is 3.92. The van der Waals surface area contributed by atoms with Gasteiger partial charge in [0.05, 0.1) is 17.9 Å². The van der Waals surface area contributed by atoms with Gasteiger partial charge in [-0.25, -0.2) is 4.68 Å². The number of hydrogen-bond donors (Lipinski definition) is 1. The number of benzene rings is 2. The molecular weight excluding hydrogens is 400 g/mol. The largest absolute Gasteiger partial charge is 0.497 e. The van der Waals surface area contributed by atoms with Crippen molar-refractivity contribution in [2.75, 3.05) is 13.0 Å². The molecule has 0 saturated heterocycles. The Bertz CT molecular complexity index is 1100. The third-order valence-corrected chi connectivity index (χ3v) is 5.18. The molecule has 0 amide bonds. The highest BCUT2D eigenvalue weighted by Crippen LogP contribution is 2.28. The van der Waals surface area contributed by atoms with Crippen molar-refractivity contribution in [3.63, 3.8) is 0 Å². The van der Waals surface area contributed by atoms with Gasteiger partial charge >= 0.3 is 0 Å². The molecule has 4 rings (SSSR count). The Labute approximate surface area is 169 Å². The average molecular weight is 415 g/mol. The molecule has 0 radical (unpaired) electrons. The number of rotatable bonds is 6. The normalized spacial score (nSPS) is 10.9. The average Bonchev–Trinajstić information content (AvgIpc) is 3.33. The summed E-state index contributed by atoms with van der Waals surface area (Å²) in [7, 11) is 1.61. The molecule has 2 aromatic carbocycles. The number of halogens is 1. The lowest BCUT2D eigenvalue weighted by atomic mass is 10.2. The standard InChI is InChI=1S/C18H15ClN6O2S/c1-26-12-8-6-11(7-9-12)17-22-23-18(25(17)20)28-10-15-21-16(24-27-15)13-4-2-3-5-14(13)19/h2-9H,10,20H2,1H3. The first-order valence-electron chi connectivity index (χ1n) is 8.21. The number of methoxy groups -OCH3 is 1. The fourth-order valence-electron chi connectivity index (χ4n) is 2.50. The number of hydrogen-bond acceptors (Lipinski definition) is 8. The van der Waals surface area contributed by atoms with Gasteiger partial charge in [0, 0.05) is 11.1 Å². The number of aromatic nitrogens is 5. The zero-order valence-electron chi connectivity index (χ0n) is 14.7. The quantitative estimate of drug-likeness (QED) is 0.376. The van der Waals surface area contributed by atoms with E-state index in [1.165, 1.54) is 16.4 Å². The molecule has 0 bridgehead atoms. The lowest BCUT2D eigenvalue weighted by Crippen LogP contribution is -2.11. The minimum atomic E-state index is 0.398. The molecule has 2 heterocycles. The van der Waals surface area contributed by atoms with Crippen molar-refractivity contribution >= 4 is 23.4 Å². The van der Waals surface area contributed by atoms with E-state index in [4.69, 9.17) is 26.7 Å². The lowest BCUT2D eigenvalue weighted by Gasteiger charge is -2.04. The SMILES string of the molecule is COc1ccc(-c2nnc(SCc3nc(-c4ccccc4Cl)no3)n2N)cc1. The van der Waals surface area contributed by atoms with Crippen molar-refractivity contribution in [3.05, 3.63) is 59.4 Å². The minimum Gasteiger partial charge on any atom is -0.497 e. The predicted molar refractivity (Wildman–Crippen MR) is 106 cm³/mol. The van der Waals surface area contributed by atoms with E-state index in [1.807, 2.05) is 42.5 Å². The molecule has 0 aliphatic rings. The van der Waals surface area contributed by atoms with E-state index in [9.17, 15) is 0 Å². The number of nitrogens with zero attached hydrogens (tertiary/aromatic N) is 5. The molecular formula is C18H15ClN6O2S. The monoisotopic (exact) mass is 414 g/mol. The van der Waals surface area contributed by atoms with Crippen LogP contribution < -0.4 is 10.6 Å². The fraction of sp³-hybridized carbons (Fsp3) is 0.111. The van der Waals surface area contributed by atoms with Gasteiger partial charge in [0.1, 0.15) is 5.75 Å². The first-order valence-corrected chi connectivity index (χ1v) is 9.57. The van der Waals surface area contributed by atoms with Crippen molar-refractivity contribution in [1.29, 1.82) is 0 Å². The fourth-order valence-corrected chi connectivity index (χ4v) is 3.42. The van der Waals surface area contributed by atoms with Crippen LogP contribution in [0.4, 0.5) is 0 Å². The summed E-state index contributed by atoms with van der Waals surface area (Å²) in [6.07, 6.45) is 0. The van der Waals surface area contributed by atoms with E-state index in [0.717, 1.165) is 11.3 Å². The van der Waals surface area contributed by atoms with E-state index >= 15 is 0 Å². The molecule has 28 heavy (non-hydrogen) atoms. The van der Waals surface area contributed by atoms with Crippen molar-refractivity contribution in [1.82, 2.24) is 25.0 Å². The summed E-state index contributed by atoms with van der Waals surface area (Å²) < 4.78 is 11.9. The molecule has 8 nitrogen and oxygen atoms in total. The zero-order valence-corrected chi connectivity index (χ0v) is 16.3. The number of nitrogen functional groups attached to an aromatic ring is 1. The Morgan fingerprint density at radius 3 is 2.68 bits per heavy atom. The van der Waals surface area contributed by atoms with Gasteiger partial charge in [-0.1, -0.05) is 40.7 Å². The van der Waals surface area contributed by atoms with Crippen LogP contribution in [0.15, 0.2) is 58.2 Å². The topological polar surface area (TPSA) is 105 Å². The summed E-state index contributed by atoms with van der Waals surface area (Å²) in [4.78, 5) is 4.37. The molecule has 10 heteroatoms. The van der Waals surface area contributed by atoms with Crippen LogP contribution >= 0.6 is 23.4 Å². The van der Waals surface area contributed by atoms with Crippen molar-refractivity contribution in [3.8, 4) is 28.5 Å². The highest BCUT2D eigenvalue weighted by atomic mass is 35.5. The van der Waals surface area contributed by atoms with Crippen molar-refractivity contribution in [2.45, 2.75) is 10.9 Å². The highest BCUT2D eigenvalue weighted by Gasteiger charge is 2.15. The lowest BCUT2D eigenvalue weighted by molar-refractivity contribution is 0.391. The van der Waals surface area contributed by atoms with Crippen molar-refractivity contribution < 1.29 is 9.26 Å². The maximum Gasteiger partial charge on any atom is 0.237 e. The Hall–Kier alpha value is -3.04. The first kappa shape index (κ1) is 18.3. The minimum absolute atomic E-state index is 0.398. The first-order chi connectivity index (χ1) is 13.7. The number of thioether (sulfide) groups is 1. The molecule has 2 aromatic heterocycles. The van der Waals surface area contributed by atoms with Crippen LogP contribution in [0, 0.1) is 0 Å². The summed E-state index contributed by atoms with van der Waals surface area (Å²) in [6.45, 7) is 0. The van der Waals surface area contributed by atoms with E-state index in [2.05, 4.69) is 20.3 Å². The smallest absolute Gasteiger partial charge is 0.237 e. The molecule has 0 spiro atoms. The van der Waals surface area contributed by atoms with Gasteiger partial charge in [-0.2, -0.15) is 4.98 Å². The van der Waals surface area contributed by atoms with Crippen molar-refractivity contribution in [2.24, 2.45) is 0 Å². The van der Waals surface area contributed by atoms with E-state index in [1.54, 1.807) is 13.2 Å².